The van der Waals surface area contributed by atoms with Gasteiger partial charge in [-0.3, -0.25) is 0 Å². The van der Waals surface area contributed by atoms with E-state index in [1.165, 1.54) is 12.8 Å². The van der Waals surface area contributed by atoms with Gasteiger partial charge >= 0.3 is 0 Å². The minimum atomic E-state index is 0.368. The zero-order chi connectivity index (χ0) is 13.2. The standard InChI is InChI=1S/C16H21NO2/c1-3-17-16(11-5-6-11)15-10-12-9-13(18-4-2)7-8-14(12)19-15/h7-11,16-17H,3-6H2,1-2H3. The lowest BCUT2D eigenvalue weighted by Crippen LogP contribution is -2.21. The Morgan fingerprint density at radius 1 is 1.32 bits per heavy atom. The number of nitrogens with one attached hydrogen (secondary N) is 1. The summed E-state index contributed by atoms with van der Waals surface area (Å²) in [6, 6.07) is 8.55. The van der Waals surface area contributed by atoms with Crippen LogP contribution in [0.15, 0.2) is 28.7 Å². The first-order valence-corrected chi connectivity index (χ1v) is 7.21. The van der Waals surface area contributed by atoms with Crippen molar-refractivity contribution in [2.45, 2.75) is 32.7 Å². The summed E-state index contributed by atoms with van der Waals surface area (Å²) in [6.07, 6.45) is 2.61. The number of fused-ring (bicyclic) bond motifs is 1. The third-order valence-corrected chi connectivity index (χ3v) is 3.64. The van der Waals surface area contributed by atoms with Crippen molar-refractivity contribution in [3.63, 3.8) is 0 Å². The lowest BCUT2D eigenvalue weighted by atomic mass is 10.1. The highest BCUT2D eigenvalue weighted by Crippen LogP contribution is 2.42. The molecule has 1 atom stereocenters. The maximum Gasteiger partial charge on any atom is 0.134 e. The topological polar surface area (TPSA) is 34.4 Å². The first-order chi connectivity index (χ1) is 9.31. The van der Waals surface area contributed by atoms with E-state index in [1.807, 2.05) is 19.1 Å². The highest BCUT2D eigenvalue weighted by Gasteiger charge is 2.33. The van der Waals surface area contributed by atoms with E-state index in [9.17, 15) is 0 Å². The minimum absolute atomic E-state index is 0.368. The molecular weight excluding hydrogens is 238 g/mol. The monoisotopic (exact) mass is 259 g/mol. The summed E-state index contributed by atoms with van der Waals surface area (Å²) in [5.74, 6) is 2.72. The molecule has 0 amide bonds. The van der Waals surface area contributed by atoms with Crippen molar-refractivity contribution < 1.29 is 9.15 Å². The fraction of sp³-hybridized carbons (Fsp3) is 0.500. The van der Waals surface area contributed by atoms with Crippen LogP contribution in [0.3, 0.4) is 0 Å². The number of ether oxygens (including phenoxy) is 1. The van der Waals surface area contributed by atoms with E-state index in [0.29, 0.717) is 12.6 Å². The lowest BCUT2D eigenvalue weighted by Gasteiger charge is -2.13. The molecule has 3 nitrogen and oxygen atoms in total. The molecule has 3 rings (SSSR count). The van der Waals surface area contributed by atoms with Crippen molar-refractivity contribution in [1.82, 2.24) is 5.32 Å². The number of hydrogen-bond donors (Lipinski definition) is 1. The summed E-state index contributed by atoms with van der Waals surface area (Å²) < 4.78 is 11.5. The van der Waals surface area contributed by atoms with E-state index in [4.69, 9.17) is 9.15 Å². The van der Waals surface area contributed by atoms with Gasteiger partial charge in [-0.2, -0.15) is 0 Å². The van der Waals surface area contributed by atoms with Gasteiger partial charge in [-0.05, 0) is 56.5 Å². The van der Waals surface area contributed by atoms with Crippen molar-refractivity contribution in [1.29, 1.82) is 0 Å². The van der Waals surface area contributed by atoms with Crippen LogP contribution in [-0.2, 0) is 0 Å². The first kappa shape index (κ1) is 12.5. The van der Waals surface area contributed by atoms with Crippen LogP contribution in [0.5, 0.6) is 5.75 Å². The third kappa shape index (κ3) is 2.61. The quantitative estimate of drug-likeness (QED) is 0.854. The first-order valence-electron chi connectivity index (χ1n) is 7.21. The molecule has 1 aromatic heterocycles. The molecule has 0 spiro atoms. The lowest BCUT2D eigenvalue weighted by molar-refractivity contribution is 0.340. The molecule has 3 heteroatoms. The van der Waals surface area contributed by atoms with Gasteiger partial charge in [0.2, 0.25) is 0 Å². The van der Waals surface area contributed by atoms with Gasteiger partial charge in [0.05, 0.1) is 12.6 Å². The van der Waals surface area contributed by atoms with Crippen molar-refractivity contribution in [3.05, 3.63) is 30.0 Å². The molecule has 1 unspecified atom stereocenters. The van der Waals surface area contributed by atoms with Crippen LogP contribution in [0.1, 0.15) is 38.5 Å². The maximum absolute atomic E-state index is 6.00. The molecule has 1 aromatic carbocycles. The fourth-order valence-electron chi connectivity index (χ4n) is 2.60. The van der Waals surface area contributed by atoms with Crippen LogP contribution in [0.25, 0.3) is 11.0 Å². The normalized spacial score (nSPS) is 16.7. The van der Waals surface area contributed by atoms with Gasteiger partial charge in [0.25, 0.3) is 0 Å². The van der Waals surface area contributed by atoms with Crippen LogP contribution in [0.2, 0.25) is 0 Å². The number of furan rings is 1. The Labute approximate surface area is 113 Å². The fourth-order valence-corrected chi connectivity index (χ4v) is 2.60. The van der Waals surface area contributed by atoms with E-state index in [-0.39, 0.29) is 0 Å². The highest BCUT2D eigenvalue weighted by atomic mass is 16.5. The predicted molar refractivity (Wildman–Crippen MR) is 76.5 cm³/mol. The second kappa shape index (κ2) is 5.25. The van der Waals surface area contributed by atoms with E-state index in [2.05, 4.69) is 24.4 Å². The summed E-state index contributed by atoms with van der Waals surface area (Å²) in [5.41, 5.74) is 0.946. The Hall–Kier alpha value is -1.48. The van der Waals surface area contributed by atoms with Crippen molar-refractivity contribution in [2.24, 2.45) is 5.92 Å². The average Bonchev–Trinajstić information content (AvgIpc) is 3.15. The van der Waals surface area contributed by atoms with Crippen LogP contribution >= 0.6 is 0 Å². The van der Waals surface area contributed by atoms with Crippen LogP contribution in [0, 0.1) is 5.92 Å². The van der Waals surface area contributed by atoms with Gasteiger partial charge in [-0.25, -0.2) is 0 Å². The van der Waals surface area contributed by atoms with Gasteiger partial charge in [0.15, 0.2) is 0 Å². The summed E-state index contributed by atoms with van der Waals surface area (Å²) in [5, 5.41) is 4.67. The molecule has 0 bridgehead atoms. The van der Waals surface area contributed by atoms with Gasteiger partial charge < -0.3 is 14.5 Å². The van der Waals surface area contributed by atoms with Gasteiger partial charge in [-0.15, -0.1) is 0 Å². The molecular formula is C16H21NO2. The molecule has 1 saturated carbocycles. The Kier molecular flexibility index (Phi) is 3.47. The molecule has 1 aliphatic carbocycles. The molecule has 0 radical (unpaired) electrons. The average molecular weight is 259 g/mol. The molecule has 1 N–H and O–H groups in total. The summed E-state index contributed by atoms with van der Waals surface area (Å²) in [6.45, 7) is 5.81. The molecule has 1 fully saturated rings. The second-order valence-electron chi connectivity index (χ2n) is 5.15. The second-order valence-corrected chi connectivity index (χ2v) is 5.15. The smallest absolute Gasteiger partial charge is 0.134 e. The zero-order valence-corrected chi connectivity index (χ0v) is 11.6. The number of rotatable bonds is 6. The third-order valence-electron chi connectivity index (χ3n) is 3.64. The van der Waals surface area contributed by atoms with Crippen LogP contribution < -0.4 is 10.1 Å². The Morgan fingerprint density at radius 3 is 2.84 bits per heavy atom. The van der Waals surface area contributed by atoms with E-state index in [0.717, 1.165) is 34.9 Å². The molecule has 0 saturated heterocycles. The summed E-state index contributed by atoms with van der Waals surface area (Å²) >= 11 is 0. The Morgan fingerprint density at radius 2 is 2.16 bits per heavy atom. The van der Waals surface area contributed by atoms with Crippen molar-refractivity contribution in [2.75, 3.05) is 13.2 Å². The summed E-state index contributed by atoms with van der Waals surface area (Å²) in [4.78, 5) is 0. The number of benzene rings is 1. The zero-order valence-electron chi connectivity index (χ0n) is 11.6. The Bertz CT molecular complexity index is 557. The van der Waals surface area contributed by atoms with Gasteiger partial charge in [-0.1, -0.05) is 6.92 Å². The molecule has 1 aliphatic rings. The van der Waals surface area contributed by atoms with Gasteiger partial charge in [0.1, 0.15) is 17.1 Å². The van der Waals surface area contributed by atoms with Crippen molar-refractivity contribution in [3.8, 4) is 5.75 Å². The van der Waals surface area contributed by atoms with E-state index in [1.54, 1.807) is 0 Å². The predicted octanol–water partition coefficient (Wildman–Crippen LogP) is 3.89. The molecule has 19 heavy (non-hydrogen) atoms. The highest BCUT2D eigenvalue weighted by molar-refractivity contribution is 5.79. The van der Waals surface area contributed by atoms with Crippen LogP contribution in [0.4, 0.5) is 0 Å². The molecule has 0 aliphatic heterocycles. The summed E-state index contributed by atoms with van der Waals surface area (Å²) in [7, 11) is 0. The molecule has 1 heterocycles. The largest absolute Gasteiger partial charge is 0.494 e. The molecule has 102 valence electrons. The molecule has 2 aromatic rings. The Balaban J connectivity index is 1.91. The van der Waals surface area contributed by atoms with Gasteiger partial charge in [0, 0.05) is 5.39 Å². The van der Waals surface area contributed by atoms with Crippen molar-refractivity contribution >= 4 is 11.0 Å². The van der Waals surface area contributed by atoms with Crippen LogP contribution in [-0.4, -0.2) is 13.2 Å². The minimum Gasteiger partial charge on any atom is -0.494 e. The van der Waals surface area contributed by atoms with E-state index >= 15 is 0 Å². The number of hydrogen-bond acceptors (Lipinski definition) is 3. The van der Waals surface area contributed by atoms with E-state index < -0.39 is 0 Å². The maximum atomic E-state index is 6.00. The SMILES string of the molecule is CCNC(c1cc2cc(OCC)ccc2o1)C1CC1.